The van der Waals surface area contributed by atoms with Crippen LogP contribution in [0.5, 0.6) is 0 Å². The second kappa shape index (κ2) is 7.71. The molecule has 5 heteroatoms. The van der Waals surface area contributed by atoms with Crippen LogP contribution in [-0.2, 0) is 11.3 Å². The summed E-state index contributed by atoms with van der Waals surface area (Å²) in [6, 6.07) is 8.42. The summed E-state index contributed by atoms with van der Waals surface area (Å²) < 4.78 is 2.12. The van der Waals surface area contributed by atoms with Gasteiger partial charge in [-0.15, -0.1) is 6.58 Å². The fraction of sp³-hybridized carbons (Fsp3) is 0.368. The lowest BCUT2D eigenvalue weighted by atomic mass is 10.1. The van der Waals surface area contributed by atoms with Crippen molar-refractivity contribution in [3.05, 3.63) is 48.7 Å². The fourth-order valence-corrected chi connectivity index (χ4v) is 3.81. The van der Waals surface area contributed by atoms with Crippen LogP contribution in [0.2, 0.25) is 0 Å². The molecule has 0 N–H and O–H groups in total. The second-order valence-electron chi connectivity index (χ2n) is 6.07. The summed E-state index contributed by atoms with van der Waals surface area (Å²) in [5.74, 6) is 0.657. The van der Waals surface area contributed by atoms with Gasteiger partial charge in [-0.2, -0.15) is 0 Å². The van der Waals surface area contributed by atoms with E-state index in [0.717, 1.165) is 42.3 Å². The zero-order chi connectivity index (χ0) is 16.9. The van der Waals surface area contributed by atoms with E-state index in [0.29, 0.717) is 12.3 Å². The SMILES string of the molecule is C=CCn1c(-c2ccc(C)cc2)cnc1SCC(=O)N1CCCC1. The number of carbonyl (C=O) groups is 1. The molecule has 0 radical (unpaired) electrons. The number of carbonyl (C=O) groups excluding carboxylic acids is 1. The first-order valence-electron chi connectivity index (χ1n) is 8.33. The maximum Gasteiger partial charge on any atom is 0.233 e. The molecule has 0 atom stereocenters. The Morgan fingerprint density at radius 2 is 2.00 bits per heavy atom. The number of likely N-dealkylation sites (tertiary alicyclic amines) is 1. The minimum atomic E-state index is 0.211. The van der Waals surface area contributed by atoms with E-state index in [4.69, 9.17) is 0 Å². The van der Waals surface area contributed by atoms with Crippen molar-refractivity contribution in [2.24, 2.45) is 0 Å². The average molecular weight is 341 g/mol. The van der Waals surface area contributed by atoms with Gasteiger partial charge >= 0.3 is 0 Å². The molecule has 0 aliphatic carbocycles. The second-order valence-corrected chi connectivity index (χ2v) is 7.01. The van der Waals surface area contributed by atoms with Crippen molar-refractivity contribution >= 4 is 17.7 Å². The number of hydrogen-bond donors (Lipinski definition) is 0. The van der Waals surface area contributed by atoms with E-state index in [-0.39, 0.29) is 5.91 Å². The van der Waals surface area contributed by atoms with Crippen LogP contribution in [0.25, 0.3) is 11.3 Å². The van der Waals surface area contributed by atoms with Gasteiger partial charge in [0.15, 0.2) is 5.16 Å². The topological polar surface area (TPSA) is 38.1 Å². The van der Waals surface area contributed by atoms with E-state index < -0.39 is 0 Å². The Labute approximate surface area is 147 Å². The number of hydrogen-bond acceptors (Lipinski definition) is 3. The first-order chi connectivity index (χ1) is 11.7. The van der Waals surface area contributed by atoms with E-state index in [1.807, 2.05) is 17.2 Å². The zero-order valence-corrected chi connectivity index (χ0v) is 14.9. The monoisotopic (exact) mass is 341 g/mol. The van der Waals surface area contributed by atoms with Crippen LogP contribution in [-0.4, -0.2) is 39.2 Å². The van der Waals surface area contributed by atoms with Gasteiger partial charge in [0.1, 0.15) is 0 Å². The Kier molecular flexibility index (Phi) is 5.41. The van der Waals surface area contributed by atoms with Gasteiger partial charge in [0.05, 0.1) is 17.6 Å². The van der Waals surface area contributed by atoms with Gasteiger partial charge in [-0.3, -0.25) is 4.79 Å². The van der Waals surface area contributed by atoms with Crippen molar-refractivity contribution in [2.45, 2.75) is 31.5 Å². The lowest BCUT2D eigenvalue weighted by molar-refractivity contribution is -0.127. The molecule has 3 rings (SSSR count). The molecule has 0 bridgehead atoms. The summed E-state index contributed by atoms with van der Waals surface area (Å²) in [5, 5.41) is 0.873. The Morgan fingerprint density at radius 3 is 2.67 bits per heavy atom. The van der Waals surface area contributed by atoms with E-state index in [2.05, 4.69) is 47.3 Å². The van der Waals surface area contributed by atoms with E-state index in [9.17, 15) is 4.79 Å². The molecule has 2 heterocycles. The fourth-order valence-electron chi connectivity index (χ4n) is 2.92. The summed E-state index contributed by atoms with van der Waals surface area (Å²) in [6.07, 6.45) is 6.00. The summed E-state index contributed by atoms with van der Waals surface area (Å²) in [6.45, 7) is 8.41. The number of aryl methyl sites for hydroxylation is 1. The summed E-state index contributed by atoms with van der Waals surface area (Å²) in [5.41, 5.74) is 3.43. The number of nitrogens with zero attached hydrogens (tertiary/aromatic N) is 3. The van der Waals surface area contributed by atoms with Crippen LogP contribution in [0, 0.1) is 6.92 Å². The van der Waals surface area contributed by atoms with Gasteiger partial charge in [-0.05, 0) is 25.3 Å². The Hall–Kier alpha value is -2.01. The predicted octanol–water partition coefficient (Wildman–Crippen LogP) is 3.76. The highest BCUT2D eigenvalue weighted by molar-refractivity contribution is 7.99. The average Bonchev–Trinajstić information content (AvgIpc) is 3.24. The van der Waals surface area contributed by atoms with E-state index in [1.54, 1.807) is 0 Å². The number of rotatable bonds is 6. The van der Waals surface area contributed by atoms with Crippen molar-refractivity contribution in [3.8, 4) is 11.3 Å². The van der Waals surface area contributed by atoms with Crippen LogP contribution in [0.3, 0.4) is 0 Å². The first kappa shape index (κ1) is 16.8. The third-order valence-electron chi connectivity index (χ3n) is 4.26. The number of benzene rings is 1. The molecule has 4 nitrogen and oxygen atoms in total. The summed E-state index contributed by atoms with van der Waals surface area (Å²) in [7, 11) is 0. The molecule has 0 saturated carbocycles. The van der Waals surface area contributed by atoms with Crippen LogP contribution in [0.15, 0.2) is 48.3 Å². The van der Waals surface area contributed by atoms with Gasteiger partial charge in [0.25, 0.3) is 0 Å². The molecule has 1 fully saturated rings. The van der Waals surface area contributed by atoms with Crippen molar-refractivity contribution in [2.75, 3.05) is 18.8 Å². The van der Waals surface area contributed by atoms with E-state index >= 15 is 0 Å². The van der Waals surface area contributed by atoms with Crippen molar-refractivity contribution < 1.29 is 4.79 Å². The molecule has 1 aromatic heterocycles. The van der Waals surface area contributed by atoms with Crippen molar-refractivity contribution in [1.82, 2.24) is 14.5 Å². The molecule has 2 aromatic rings. The Bertz CT molecular complexity index is 715. The van der Waals surface area contributed by atoms with Gasteiger partial charge in [0, 0.05) is 19.6 Å². The highest BCUT2D eigenvalue weighted by Gasteiger charge is 2.19. The highest BCUT2D eigenvalue weighted by Crippen LogP contribution is 2.27. The quantitative estimate of drug-likeness (QED) is 0.593. The highest BCUT2D eigenvalue weighted by atomic mass is 32.2. The van der Waals surface area contributed by atoms with Crippen LogP contribution in [0.1, 0.15) is 18.4 Å². The Morgan fingerprint density at radius 1 is 1.29 bits per heavy atom. The third-order valence-corrected chi connectivity index (χ3v) is 5.24. The number of allylic oxidation sites excluding steroid dienone is 1. The molecular weight excluding hydrogens is 318 g/mol. The van der Waals surface area contributed by atoms with Crippen LogP contribution < -0.4 is 0 Å². The lowest BCUT2D eigenvalue weighted by Crippen LogP contribution is -2.29. The van der Waals surface area contributed by atoms with Gasteiger partial charge < -0.3 is 9.47 Å². The third kappa shape index (κ3) is 3.73. The van der Waals surface area contributed by atoms with Crippen LogP contribution in [0.4, 0.5) is 0 Å². The van der Waals surface area contributed by atoms with Gasteiger partial charge in [-0.25, -0.2) is 4.98 Å². The summed E-state index contributed by atoms with van der Waals surface area (Å²) >= 11 is 1.51. The standard InChI is InChI=1S/C19H23N3OS/c1-3-10-22-17(16-8-6-15(2)7-9-16)13-20-19(22)24-14-18(23)21-11-4-5-12-21/h3,6-9,13H,1,4-5,10-12,14H2,2H3. The number of imidazole rings is 1. The lowest BCUT2D eigenvalue weighted by Gasteiger charge is -2.15. The molecule has 1 aliphatic heterocycles. The van der Waals surface area contributed by atoms with Crippen molar-refractivity contribution in [1.29, 1.82) is 0 Å². The minimum absolute atomic E-state index is 0.211. The molecule has 0 spiro atoms. The predicted molar refractivity (Wildman–Crippen MR) is 99.1 cm³/mol. The van der Waals surface area contributed by atoms with Crippen LogP contribution >= 0.6 is 11.8 Å². The molecule has 1 amide bonds. The van der Waals surface area contributed by atoms with Gasteiger partial charge in [0.2, 0.25) is 5.91 Å². The number of thioether (sulfide) groups is 1. The maximum absolute atomic E-state index is 12.2. The molecule has 1 saturated heterocycles. The Balaban J connectivity index is 1.76. The normalized spacial score (nSPS) is 14.1. The molecular formula is C19H23N3OS. The smallest absolute Gasteiger partial charge is 0.233 e. The maximum atomic E-state index is 12.2. The number of aromatic nitrogens is 2. The largest absolute Gasteiger partial charge is 0.342 e. The molecule has 1 aliphatic rings. The number of amides is 1. The van der Waals surface area contributed by atoms with Crippen molar-refractivity contribution in [3.63, 3.8) is 0 Å². The van der Waals surface area contributed by atoms with Gasteiger partial charge in [-0.1, -0.05) is 47.7 Å². The zero-order valence-electron chi connectivity index (χ0n) is 14.1. The molecule has 126 valence electrons. The summed E-state index contributed by atoms with van der Waals surface area (Å²) in [4.78, 5) is 18.7. The minimum Gasteiger partial charge on any atom is -0.342 e. The van der Waals surface area contributed by atoms with E-state index in [1.165, 1.54) is 17.3 Å². The molecule has 0 unspecified atom stereocenters. The molecule has 24 heavy (non-hydrogen) atoms. The molecule has 1 aromatic carbocycles. The first-order valence-corrected chi connectivity index (χ1v) is 9.31.